The molecule has 23 heavy (non-hydrogen) atoms. The van der Waals surface area contributed by atoms with Gasteiger partial charge in [-0.05, 0) is 37.7 Å². The minimum atomic E-state index is 0.0248. The minimum Gasteiger partial charge on any atom is -0.378 e. The first-order valence-electron chi connectivity index (χ1n) is 8.58. The predicted octanol–water partition coefficient (Wildman–Crippen LogP) is 2.04. The number of morpholine rings is 1. The van der Waals surface area contributed by atoms with E-state index < -0.39 is 0 Å². The molecule has 0 bridgehead atoms. The number of carbonyl (C=O) groups is 1. The second kappa shape index (κ2) is 8.89. The van der Waals surface area contributed by atoms with E-state index >= 15 is 0 Å². The van der Waals surface area contributed by atoms with Gasteiger partial charge in [0.15, 0.2) is 0 Å². The summed E-state index contributed by atoms with van der Waals surface area (Å²) >= 11 is 0. The van der Waals surface area contributed by atoms with Crippen molar-refractivity contribution in [2.75, 3.05) is 50.8 Å². The lowest BCUT2D eigenvalue weighted by atomic mass is 10.1. The number of hydrogen-bond donors (Lipinski definition) is 1. The van der Waals surface area contributed by atoms with Crippen molar-refractivity contribution in [3.63, 3.8) is 0 Å². The second-order valence-corrected chi connectivity index (χ2v) is 5.94. The van der Waals surface area contributed by atoms with E-state index in [0.717, 1.165) is 45.0 Å². The summed E-state index contributed by atoms with van der Waals surface area (Å²) < 4.78 is 5.38. The van der Waals surface area contributed by atoms with Crippen molar-refractivity contribution in [1.29, 1.82) is 0 Å². The maximum Gasteiger partial charge on any atom is 0.234 e. The molecule has 1 unspecified atom stereocenters. The van der Waals surface area contributed by atoms with E-state index in [9.17, 15) is 4.79 Å². The number of likely N-dealkylation sites (N-methyl/N-ethyl adjacent to an activating group) is 1. The Kier molecular flexibility index (Phi) is 6.86. The fraction of sp³-hybridized carbons (Fsp3) is 0.611. The summed E-state index contributed by atoms with van der Waals surface area (Å²) in [6.45, 7) is 11.9. The summed E-state index contributed by atoms with van der Waals surface area (Å²) in [5.74, 6) is 0.0819. The largest absolute Gasteiger partial charge is 0.378 e. The molecule has 1 atom stereocenters. The van der Waals surface area contributed by atoms with Gasteiger partial charge in [0.05, 0.1) is 25.8 Å². The molecule has 1 aromatic rings. The standard InChI is InChI=1S/C18H29N3O2/c1-4-20(5-2)14-18(22)19-15(3)16-6-8-17(9-7-16)21-10-12-23-13-11-21/h6-9,15H,4-5,10-14H2,1-3H3,(H,19,22). The Hall–Kier alpha value is -1.59. The number of hydrogen-bond acceptors (Lipinski definition) is 4. The normalized spacial score (nSPS) is 16.4. The molecule has 1 aromatic carbocycles. The first-order valence-corrected chi connectivity index (χ1v) is 8.58. The van der Waals surface area contributed by atoms with E-state index in [2.05, 4.69) is 53.2 Å². The van der Waals surface area contributed by atoms with Crippen LogP contribution in [0.2, 0.25) is 0 Å². The van der Waals surface area contributed by atoms with Crippen molar-refractivity contribution in [1.82, 2.24) is 10.2 Å². The van der Waals surface area contributed by atoms with Crippen molar-refractivity contribution < 1.29 is 9.53 Å². The average molecular weight is 319 g/mol. The molecule has 1 aliphatic rings. The zero-order chi connectivity index (χ0) is 16.7. The molecule has 1 heterocycles. The second-order valence-electron chi connectivity index (χ2n) is 5.94. The predicted molar refractivity (Wildman–Crippen MR) is 93.8 cm³/mol. The van der Waals surface area contributed by atoms with Gasteiger partial charge < -0.3 is 15.0 Å². The van der Waals surface area contributed by atoms with Crippen molar-refractivity contribution in [3.05, 3.63) is 29.8 Å². The third-order valence-corrected chi connectivity index (χ3v) is 4.41. The number of ether oxygens (including phenoxy) is 1. The van der Waals surface area contributed by atoms with Gasteiger partial charge in [-0.15, -0.1) is 0 Å². The molecule has 1 fully saturated rings. The molecule has 1 amide bonds. The quantitative estimate of drug-likeness (QED) is 0.835. The van der Waals surface area contributed by atoms with E-state index in [4.69, 9.17) is 4.74 Å². The SMILES string of the molecule is CCN(CC)CC(=O)NC(C)c1ccc(N2CCOCC2)cc1. The van der Waals surface area contributed by atoms with E-state index in [0.29, 0.717) is 6.54 Å². The van der Waals surface area contributed by atoms with Crippen molar-refractivity contribution in [3.8, 4) is 0 Å². The summed E-state index contributed by atoms with van der Waals surface area (Å²) in [7, 11) is 0. The molecule has 5 heteroatoms. The van der Waals surface area contributed by atoms with Gasteiger partial charge in [-0.3, -0.25) is 9.69 Å². The van der Waals surface area contributed by atoms with E-state index in [-0.39, 0.29) is 11.9 Å². The molecule has 0 radical (unpaired) electrons. The number of anilines is 1. The molecule has 2 rings (SSSR count). The molecule has 128 valence electrons. The van der Waals surface area contributed by atoms with Crippen LogP contribution < -0.4 is 10.2 Å². The molecule has 0 saturated carbocycles. The molecule has 1 aliphatic heterocycles. The summed E-state index contributed by atoms with van der Waals surface area (Å²) in [5.41, 5.74) is 2.36. The number of rotatable bonds is 7. The zero-order valence-corrected chi connectivity index (χ0v) is 14.5. The average Bonchev–Trinajstić information content (AvgIpc) is 2.60. The van der Waals surface area contributed by atoms with Gasteiger partial charge in [0.2, 0.25) is 5.91 Å². The Morgan fingerprint density at radius 3 is 2.39 bits per heavy atom. The molecule has 5 nitrogen and oxygen atoms in total. The first kappa shape index (κ1) is 17.8. The lowest BCUT2D eigenvalue weighted by molar-refractivity contribution is -0.122. The van der Waals surface area contributed by atoms with Crippen molar-refractivity contribution in [2.24, 2.45) is 0 Å². The Morgan fingerprint density at radius 2 is 1.83 bits per heavy atom. The lowest BCUT2D eigenvalue weighted by Crippen LogP contribution is -2.38. The van der Waals surface area contributed by atoms with Crippen LogP contribution in [0.4, 0.5) is 5.69 Å². The third-order valence-electron chi connectivity index (χ3n) is 4.41. The molecule has 0 spiro atoms. The number of benzene rings is 1. The van der Waals surface area contributed by atoms with Gasteiger partial charge in [-0.25, -0.2) is 0 Å². The van der Waals surface area contributed by atoms with Gasteiger partial charge >= 0.3 is 0 Å². The van der Waals surface area contributed by atoms with Crippen LogP contribution >= 0.6 is 0 Å². The zero-order valence-electron chi connectivity index (χ0n) is 14.5. The van der Waals surface area contributed by atoms with E-state index in [1.165, 1.54) is 5.69 Å². The summed E-state index contributed by atoms with van der Waals surface area (Å²) in [6, 6.07) is 8.50. The van der Waals surface area contributed by atoms with Crippen molar-refractivity contribution >= 4 is 11.6 Å². The first-order chi connectivity index (χ1) is 11.1. The number of nitrogens with one attached hydrogen (secondary N) is 1. The fourth-order valence-electron chi connectivity index (χ4n) is 2.82. The maximum atomic E-state index is 12.1. The van der Waals surface area contributed by atoms with Crippen LogP contribution in [0.15, 0.2) is 24.3 Å². The number of nitrogens with zero attached hydrogens (tertiary/aromatic N) is 2. The van der Waals surface area contributed by atoms with Crippen LogP contribution in [0.3, 0.4) is 0 Å². The summed E-state index contributed by atoms with van der Waals surface area (Å²) in [6.07, 6.45) is 0. The van der Waals surface area contributed by atoms with Crippen LogP contribution in [-0.2, 0) is 9.53 Å². The smallest absolute Gasteiger partial charge is 0.234 e. The Balaban J connectivity index is 1.89. The van der Waals surface area contributed by atoms with Crippen LogP contribution in [0.1, 0.15) is 32.4 Å². The Bertz CT molecular complexity index is 480. The summed E-state index contributed by atoms with van der Waals surface area (Å²) in [4.78, 5) is 16.5. The summed E-state index contributed by atoms with van der Waals surface area (Å²) in [5, 5.41) is 3.08. The van der Waals surface area contributed by atoms with Gasteiger partial charge in [-0.2, -0.15) is 0 Å². The molecule has 0 aromatic heterocycles. The van der Waals surface area contributed by atoms with Gasteiger partial charge in [0.1, 0.15) is 0 Å². The van der Waals surface area contributed by atoms with Crippen LogP contribution in [0.25, 0.3) is 0 Å². The fourth-order valence-corrected chi connectivity index (χ4v) is 2.82. The van der Waals surface area contributed by atoms with Gasteiger partial charge in [0, 0.05) is 18.8 Å². The van der Waals surface area contributed by atoms with Gasteiger partial charge in [-0.1, -0.05) is 26.0 Å². The van der Waals surface area contributed by atoms with E-state index in [1.54, 1.807) is 0 Å². The van der Waals surface area contributed by atoms with Gasteiger partial charge in [0.25, 0.3) is 0 Å². The lowest BCUT2D eigenvalue weighted by Gasteiger charge is -2.29. The molecular formula is C18H29N3O2. The van der Waals surface area contributed by atoms with Crippen LogP contribution in [-0.4, -0.2) is 56.7 Å². The van der Waals surface area contributed by atoms with Crippen LogP contribution in [0.5, 0.6) is 0 Å². The topological polar surface area (TPSA) is 44.8 Å². The molecule has 1 N–H and O–H groups in total. The third kappa shape index (κ3) is 5.22. The molecular weight excluding hydrogens is 290 g/mol. The molecule has 0 aliphatic carbocycles. The van der Waals surface area contributed by atoms with Crippen molar-refractivity contribution in [2.45, 2.75) is 26.8 Å². The Morgan fingerprint density at radius 1 is 1.22 bits per heavy atom. The highest BCUT2D eigenvalue weighted by Crippen LogP contribution is 2.20. The number of carbonyl (C=O) groups excluding carboxylic acids is 1. The highest BCUT2D eigenvalue weighted by atomic mass is 16.5. The number of amides is 1. The molecule has 1 saturated heterocycles. The maximum absolute atomic E-state index is 12.1. The van der Waals surface area contributed by atoms with E-state index in [1.807, 2.05) is 6.92 Å². The highest BCUT2D eigenvalue weighted by Gasteiger charge is 2.14. The Labute approximate surface area is 139 Å². The highest BCUT2D eigenvalue weighted by molar-refractivity contribution is 5.78. The minimum absolute atomic E-state index is 0.0248. The van der Waals surface area contributed by atoms with Crippen LogP contribution in [0, 0.1) is 0 Å². The monoisotopic (exact) mass is 319 g/mol.